The fourth-order valence-electron chi connectivity index (χ4n) is 1.71. The molecule has 0 saturated carbocycles. The van der Waals surface area contributed by atoms with E-state index in [2.05, 4.69) is 19.2 Å². The van der Waals surface area contributed by atoms with Crippen LogP contribution in [-0.2, 0) is 11.2 Å². The number of methoxy groups -OCH3 is 1. The van der Waals surface area contributed by atoms with Gasteiger partial charge >= 0.3 is 0 Å². The fourth-order valence-corrected chi connectivity index (χ4v) is 1.71. The molecule has 3 nitrogen and oxygen atoms in total. The lowest BCUT2D eigenvalue weighted by Crippen LogP contribution is -2.37. The number of aryl methyl sites for hydroxylation is 1. The van der Waals surface area contributed by atoms with Crippen LogP contribution in [0.3, 0.4) is 0 Å². The summed E-state index contributed by atoms with van der Waals surface area (Å²) in [5, 5.41) is 3.01. The Morgan fingerprint density at radius 2 is 2.00 bits per heavy atom. The molecule has 0 aliphatic heterocycles. The Bertz CT molecular complexity index is 413. The average Bonchev–Trinajstić information content (AvgIpc) is 2.28. The monoisotopic (exact) mass is 249 g/mol. The predicted molar refractivity (Wildman–Crippen MR) is 73.9 cm³/mol. The Hall–Kier alpha value is -1.51. The molecule has 0 unspecified atom stereocenters. The first-order valence-corrected chi connectivity index (χ1v) is 6.37. The summed E-state index contributed by atoms with van der Waals surface area (Å²) in [6.07, 6.45) is 0.419. The Labute approximate surface area is 110 Å². The van der Waals surface area contributed by atoms with Crippen LogP contribution in [0.25, 0.3) is 0 Å². The van der Waals surface area contributed by atoms with Gasteiger partial charge in [-0.1, -0.05) is 26.0 Å². The standard InChI is InChI=1S/C15H23NO2/c1-10(2)12(4)16-15(17)9-13-6-7-14(18-5)11(3)8-13/h6-8,10,12H,9H2,1-5H3,(H,16,17)/t12-/m1/s1. The van der Waals surface area contributed by atoms with Gasteiger partial charge < -0.3 is 10.1 Å². The van der Waals surface area contributed by atoms with Gasteiger partial charge in [0.05, 0.1) is 13.5 Å². The summed E-state index contributed by atoms with van der Waals surface area (Å²) in [5.74, 6) is 1.38. The highest BCUT2D eigenvalue weighted by molar-refractivity contribution is 5.79. The zero-order valence-electron chi connectivity index (χ0n) is 11.9. The Kier molecular flexibility index (Phi) is 5.20. The van der Waals surface area contributed by atoms with Crippen LogP contribution in [-0.4, -0.2) is 19.1 Å². The molecule has 18 heavy (non-hydrogen) atoms. The first-order valence-electron chi connectivity index (χ1n) is 6.37. The second-order valence-corrected chi connectivity index (χ2v) is 5.08. The molecule has 1 aromatic rings. The van der Waals surface area contributed by atoms with Crippen molar-refractivity contribution in [2.45, 2.75) is 40.2 Å². The van der Waals surface area contributed by atoms with Gasteiger partial charge in [-0.2, -0.15) is 0 Å². The van der Waals surface area contributed by atoms with Crippen molar-refractivity contribution in [2.75, 3.05) is 7.11 Å². The van der Waals surface area contributed by atoms with E-state index < -0.39 is 0 Å². The summed E-state index contributed by atoms with van der Waals surface area (Å²) < 4.78 is 5.20. The van der Waals surface area contributed by atoms with Crippen molar-refractivity contribution in [1.29, 1.82) is 0 Å². The van der Waals surface area contributed by atoms with Crippen molar-refractivity contribution in [2.24, 2.45) is 5.92 Å². The second-order valence-electron chi connectivity index (χ2n) is 5.08. The Morgan fingerprint density at radius 1 is 1.33 bits per heavy atom. The molecule has 0 aliphatic rings. The van der Waals surface area contributed by atoms with E-state index >= 15 is 0 Å². The summed E-state index contributed by atoms with van der Waals surface area (Å²) >= 11 is 0. The van der Waals surface area contributed by atoms with E-state index in [1.807, 2.05) is 32.0 Å². The molecule has 1 atom stereocenters. The van der Waals surface area contributed by atoms with Crippen LogP contribution in [0.5, 0.6) is 5.75 Å². The van der Waals surface area contributed by atoms with Crippen molar-refractivity contribution in [1.82, 2.24) is 5.32 Å². The molecule has 0 aliphatic carbocycles. The lowest BCUT2D eigenvalue weighted by atomic mass is 10.0. The van der Waals surface area contributed by atoms with Crippen LogP contribution >= 0.6 is 0 Å². The normalized spacial score (nSPS) is 12.3. The van der Waals surface area contributed by atoms with Crippen LogP contribution in [0.15, 0.2) is 18.2 Å². The SMILES string of the molecule is COc1ccc(CC(=O)N[C@H](C)C(C)C)cc1C. The first-order chi connectivity index (χ1) is 8.43. The molecule has 1 rings (SSSR count). The lowest BCUT2D eigenvalue weighted by Gasteiger charge is -2.17. The third-order valence-corrected chi connectivity index (χ3v) is 3.21. The van der Waals surface area contributed by atoms with Gasteiger partial charge in [0.25, 0.3) is 0 Å². The fraction of sp³-hybridized carbons (Fsp3) is 0.533. The zero-order chi connectivity index (χ0) is 13.7. The molecule has 1 amide bonds. The van der Waals surface area contributed by atoms with E-state index in [-0.39, 0.29) is 11.9 Å². The van der Waals surface area contributed by atoms with Crippen molar-refractivity contribution >= 4 is 5.91 Å². The number of carbonyl (C=O) groups excluding carboxylic acids is 1. The third kappa shape index (κ3) is 4.06. The summed E-state index contributed by atoms with van der Waals surface area (Å²) in [7, 11) is 1.65. The Morgan fingerprint density at radius 3 is 2.50 bits per heavy atom. The lowest BCUT2D eigenvalue weighted by molar-refractivity contribution is -0.121. The maximum Gasteiger partial charge on any atom is 0.224 e. The molecule has 3 heteroatoms. The van der Waals surface area contributed by atoms with Gasteiger partial charge in [0.1, 0.15) is 5.75 Å². The largest absolute Gasteiger partial charge is 0.496 e. The van der Waals surface area contributed by atoms with Crippen molar-refractivity contribution in [3.8, 4) is 5.75 Å². The molecule has 0 aromatic heterocycles. The molecule has 0 radical (unpaired) electrons. The number of nitrogens with one attached hydrogen (secondary N) is 1. The van der Waals surface area contributed by atoms with Gasteiger partial charge in [-0.05, 0) is 37.0 Å². The van der Waals surface area contributed by atoms with E-state index in [0.29, 0.717) is 12.3 Å². The molecule has 0 fully saturated rings. The number of rotatable bonds is 5. The molecule has 1 aromatic carbocycles. The third-order valence-electron chi connectivity index (χ3n) is 3.21. The molecule has 100 valence electrons. The topological polar surface area (TPSA) is 38.3 Å². The van der Waals surface area contributed by atoms with E-state index in [4.69, 9.17) is 4.74 Å². The minimum absolute atomic E-state index is 0.0702. The van der Waals surface area contributed by atoms with E-state index in [9.17, 15) is 4.79 Å². The van der Waals surface area contributed by atoms with Gasteiger partial charge in [0.2, 0.25) is 5.91 Å². The molecular weight excluding hydrogens is 226 g/mol. The average molecular weight is 249 g/mol. The first kappa shape index (κ1) is 14.6. The molecular formula is C15H23NO2. The van der Waals surface area contributed by atoms with Crippen LogP contribution in [0, 0.1) is 12.8 Å². The maximum absolute atomic E-state index is 11.9. The number of ether oxygens (including phenoxy) is 1. The minimum atomic E-state index is 0.0702. The number of carbonyl (C=O) groups is 1. The van der Waals surface area contributed by atoms with Crippen LogP contribution < -0.4 is 10.1 Å². The highest BCUT2D eigenvalue weighted by atomic mass is 16.5. The zero-order valence-corrected chi connectivity index (χ0v) is 11.9. The number of amides is 1. The van der Waals surface area contributed by atoms with Crippen LogP contribution in [0.1, 0.15) is 31.9 Å². The van der Waals surface area contributed by atoms with E-state index in [1.54, 1.807) is 7.11 Å². The molecule has 0 heterocycles. The van der Waals surface area contributed by atoms with Gasteiger partial charge in [-0.15, -0.1) is 0 Å². The quantitative estimate of drug-likeness (QED) is 0.871. The minimum Gasteiger partial charge on any atom is -0.496 e. The highest BCUT2D eigenvalue weighted by Gasteiger charge is 2.11. The van der Waals surface area contributed by atoms with Crippen molar-refractivity contribution in [3.63, 3.8) is 0 Å². The van der Waals surface area contributed by atoms with Gasteiger partial charge in [-0.25, -0.2) is 0 Å². The summed E-state index contributed by atoms with van der Waals surface area (Å²) in [6, 6.07) is 6.05. The van der Waals surface area contributed by atoms with Crippen molar-refractivity contribution in [3.05, 3.63) is 29.3 Å². The molecule has 0 saturated heterocycles. The van der Waals surface area contributed by atoms with Gasteiger partial charge in [0.15, 0.2) is 0 Å². The van der Waals surface area contributed by atoms with Crippen LogP contribution in [0.2, 0.25) is 0 Å². The molecule has 1 N–H and O–H groups in total. The van der Waals surface area contributed by atoms with E-state index in [1.165, 1.54) is 0 Å². The van der Waals surface area contributed by atoms with Gasteiger partial charge in [-0.3, -0.25) is 4.79 Å². The van der Waals surface area contributed by atoms with Gasteiger partial charge in [0, 0.05) is 6.04 Å². The predicted octanol–water partition coefficient (Wildman–Crippen LogP) is 2.71. The molecule has 0 bridgehead atoms. The summed E-state index contributed by atoms with van der Waals surface area (Å²) in [5.41, 5.74) is 2.07. The Balaban J connectivity index is 2.62. The number of hydrogen-bond donors (Lipinski definition) is 1. The second kappa shape index (κ2) is 6.43. The van der Waals surface area contributed by atoms with Crippen molar-refractivity contribution < 1.29 is 9.53 Å². The molecule has 0 spiro atoms. The number of hydrogen-bond acceptors (Lipinski definition) is 2. The summed E-state index contributed by atoms with van der Waals surface area (Å²) in [4.78, 5) is 11.9. The highest BCUT2D eigenvalue weighted by Crippen LogP contribution is 2.18. The number of benzene rings is 1. The van der Waals surface area contributed by atoms with Crippen LogP contribution in [0.4, 0.5) is 0 Å². The maximum atomic E-state index is 11.9. The smallest absolute Gasteiger partial charge is 0.224 e. The van der Waals surface area contributed by atoms with E-state index in [0.717, 1.165) is 16.9 Å². The summed E-state index contributed by atoms with van der Waals surface area (Å²) in [6.45, 7) is 8.21.